The summed E-state index contributed by atoms with van der Waals surface area (Å²) in [7, 11) is 0. The predicted octanol–water partition coefficient (Wildman–Crippen LogP) is 3.07. The maximum Gasteiger partial charge on any atom is 0.135 e. The van der Waals surface area contributed by atoms with Crippen LogP contribution in [0.4, 0.5) is 0 Å². The normalized spacial score (nSPS) is 24.8. The van der Waals surface area contributed by atoms with Crippen LogP contribution in [0.2, 0.25) is 0 Å². The number of rotatable bonds is 9. The van der Waals surface area contributed by atoms with Gasteiger partial charge in [-0.15, -0.1) is 0 Å². The van der Waals surface area contributed by atoms with Crippen LogP contribution in [-0.4, -0.2) is 89.2 Å². The molecule has 2 atom stereocenters. The maximum absolute atomic E-state index is 12.8. The summed E-state index contributed by atoms with van der Waals surface area (Å²) in [5.41, 5.74) is 2.16. The van der Waals surface area contributed by atoms with E-state index in [-0.39, 0.29) is 4.65 Å². The van der Waals surface area contributed by atoms with E-state index in [1.807, 2.05) is 25.1 Å². The van der Waals surface area contributed by atoms with E-state index in [4.69, 9.17) is 4.74 Å². The lowest BCUT2D eigenvalue weighted by molar-refractivity contribution is -0.873. The molecule has 0 radical (unpaired) electrons. The van der Waals surface area contributed by atoms with Gasteiger partial charge in [-0.1, -0.05) is 19.4 Å². The van der Waals surface area contributed by atoms with E-state index in [1.54, 1.807) is 0 Å². The first-order valence-electron chi connectivity index (χ1n) is 11.9. The summed E-state index contributed by atoms with van der Waals surface area (Å²) < 4.78 is 5.92. The number of aryl methyl sites for hydroxylation is 1. The number of nitrogens with zero attached hydrogens (tertiary/aromatic N) is 3. The second-order valence-electron chi connectivity index (χ2n) is 9.48. The van der Waals surface area contributed by atoms with Crippen LogP contribution >= 0.6 is 0 Å². The van der Waals surface area contributed by atoms with Crippen molar-refractivity contribution in [3.8, 4) is 5.75 Å². The van der Waals surface area contributed by atoms with E-state index >= 15 is 0 Å². The van der Waals surface area contributed by atoms with E-state index in [0.29, 0.717) is 25.9 Å². The van der Waals surface area contributed by atoms with Gasteiger partial charge >= 0.3 is 0 Å². The van der Waals surface area contributed by atoms with Crippen molar-refractivity contribution < 1.29 is 14.5 Å². The van der Waals surface area contributed by atoms with Crippen LogP contribution in [0, 0.1) is 12.1 Å². The van der Waals surface area contributed by atoms with E-state index in [1.165, 1.54) is 0 Å². The molecule has 2 N–H and O–H groups in total. The molecule has 31 heavy (non-hydrogen) atoms. The van der Waals surface area contributed by atoms with Crippen LogP contribution in [0.3, 0.4) is 0 Å². The van der Waals surface area contributed by atoms with Crippen molar-refractivity contribution in [2.45, 2.75) is 51.7 Å². The van der Waals surface area contributed by atoms with Gasteiger partial charge in [0.1, 0.15) is 25.1 Å². The number of hydrogen-bond donors (Lipinski definition) is 2. The summed E-state index contributed by atoms with van der Waals surface area (Å²) in [5.74, 6) is 0.816. The fourth-order valence-corrected chi connectivity index (χ4v) is 5.11. The Morgan fingerprint density at radius 1 is 1.29 bits per heavy atom. The largest absolute Gasteiger partial charge is 0.632 e. The van der Waals surface area contributed by atoms with Gasteiger partial charge in [-0.25, -0.2) is 4.90 Å². The van der Waals surface area contributed by atoms with Crippen molar-refractivity contribution in [3.05, 3.63) is 35.2 Å². The molecule has 7 nitrogen and oxygen atoms in total. The number of hydroxylamine groups is 3. The van der Waals surface area contributed by atoms with Gasteiger partial charge in [-0.2, -0.15) is 0 Å². The number of ether oxygens (including phenoxy) is 1. The number of aromatic nitrogens is 1. The summed E-state index contributed by atoms with van der Waals surface area (Å²) in [6.45, 7) is 10.1. The molecule has 1 aromatic heterocycles. The summed E-state index contributed by atoms with van der Waals surface area (Å²) in [5, 5.41) is 24.4. The van der Waals surface area contributed by atoms with Gasteiger partial charge in [0.25, 0.3) is 0 Å². The minimum absolute atomic E-state index is 0.0302. The monoisotopic (exact) mass is 430 g/mol. The summed E-state index contributed by atoms with van der Waals surface area (Å²) in [4.78, 5) is 8.07. The van der Waals surface area contributed by atoms with Gasteiger partial charge in [0, 0.05) is 29.2 Å². The third-order valence-electron chi connectivity index (χ3n) is 6.89. The number of β-amino-alcohol motifs (C(OH)–C–C–N with tert-alkyl or cyclic N) is 1. The molecular weight excluding hydrogens is 392 g/mol. The molecule has 3 heterocycles. The Balaban J connectivity index is 1.20. The van der Waals surface area contributed by atoms with Gasteiger partial charge in [-0.05, 0) is 57.5 Å². The Hall–Kier alpha value is -1.64. The Bertz CT molecular complexity index is 848. The third-order valence-corrected chi connectivity index (χ3v) is 6.89. The second-order valence-corrected chi connectivity index (χ2v) is 9.48. The van der Waals surface area contributed by atoms with Crippen molar-refractivity contribution in [2.75, 3.05) is 52.5 Å². The van der Waals surface area contributed by atoms with Crippen LogP contribution in [0.15, 0.2) is 24.3 Å². The molecule has 2 saturated heterocycles. The number of piperidine rings is 1. The number of fused-ring (bicyclic) bond motifs is 1. The first-order chi connectivity index (χ1) is 15.0. The second kappa shape index (κ2) is 9.88. The molecule has 0 aliphatic carbocycles. The summed E-state index contributed by atoms with van der Waals surface area (Å²) >= 11 is 0. The van der Waals surface area contributed by atoms with E-state index in [2.05, 4.69) is 27.8 Å². The molecule has 2 aliphatic heterocycles. The molecule has 0 saturated carbocycles. The zero-order valence-corrected chi connectivity index (χ0v) is 19.1. The van der Waals surface area contributed by atoms with E-state index in [9.17, 15) is 10.3 Å². The van der Waals surface area contributed by atoms with E-state index < -0.39 is 6.10 Å². The van der Waals surface area contributed by atoms with Gasteiger partial charge in [0.2, 0.25) is 0 Å². The first kappa shape index (κ1) is 22.6. The van der Waals surface area contributed by atoms with Crippen LogP contribution in [-0.2, 0) is 0 Å². The highest BCUT2D eigenvalue weighted by Gasteiger charge is 2.35. The SMILES string of the molecule is CCCC[N+]1([O-])CCN(C2CCN(CC(O)COc3cccc4[nH]c(C)cc34)CC2)C1. The molecule has 7 heteroatoms. The average molecular weight is 431 g/mol. The van der Waals surface area contributed by atoms with Gasteiger partial charge in [0.05, 0.1) is 19.6 Å². The molecule has 0 spiro atoms. The predicted molar refractivity (Wildman–Crippen MR) is 124 cm³/mol. The topological polar surface area (TPSA) is 74.8 Å². The number of unbranched alkanes of at least 4 members (excludes halogenated alkanes) is 1. The lowest BCUT2D eigenvalue weighted by Crippen LogP contribution is -2.48. The minimum atomic E-state index is -0.515. The minimum Gasteiger partial charge on any atom is -0.632 e. The van der Waals surface area contributed by atoms with Gasteiger partial charge < -0.3 is 29.6 Å². The number of quaternary nitrogens is 1. The zero-order valence-electron chi connectivity index (χ0n) is 19.1. The Labute approximate surface area is 185 Å². The van der Waals surface area contributed by atoms with Crippen molar-refractivity contribution in [2.24, 2.45) is 0 Å². The highest BCUT2D eigenvalue weighted by atomic mass is 16.6. The molecular formula is C24H38N4O3. The van der Waals surface area contributed by atoms with Crippen molar-refractivity contribution in [3.63, 3.8) is 0 Å². The number of nitrogens with one attached hydrogen (secondary N) is 1. The molecule has 2 fully saturated rings. The smallest absolute Gasteiger partial charge is 0.135 e. The third kappa shape index (κ3) is 5.59. The first-order valence-corrected chi connectivity index (χ1v) is 11.9. The summed E-state index contributed by atoms with van der Waals surface area (Å²) in [6, 6.07) is 8.56. The highest BCUT2D eigenvalue weighted by Crippen LogP contribution is 2.27. The van der Waals surface area contributed by atoms with Crippen LogP contribution in [0.1, 0.15) is 38.3 Å². The molecule has 2 unspecified atom stereocenters. The molecule has 4 rings (SSSR count). The molecule has 1 aromatic carbocycles. The average Bonchev–Trinajstić information content (AvgIpc) is 3.34. The number of aliphatic hydroxyl groups is 1. The van der Waals surface area contributed by atoms with Gasteiger partial charge in [-0.3, -0.25) is 0 Å². The zero-order chi connectivity index (χ0) is 21.8. The number of likely N-dealkylation sites (tertiary alicyclic amines) is 1. The van der Waals surface area contributed by atoms with Crippen molar-refractivity contribution >= 4 is 10.9 Å². The number of hydrogen-bond acceptors (Lipinski definition) is 5. The van der Waals surface area contributed by atoms with Crippen molar-refractivity contribution in [1.82, 2.24) is 14.8 Å². The fourth-order valence-electron chi connectivity index (χ4n) is 5.11. The molecule has 2 aliphatic rings. The Morgan fingerprint density at radius 2 is 2.10 bits per heavy atom. The maximum atomic E-state index is 12.8. The lowest BCUT2D eigenvalue weighted by Gasteiger charge is -2.41. The number of H-pyrrole nitrogens is 1. The fraction of sp³-hybridized carbons (Fsp3) is 0.667. The number of aliphatic hydroxyl groups excluding tert-OH is 1. The molecule has 0 amide bonds. The number of benzene rings is 1. The van der Waals surface area contributed by atoms with Crippen LogP contribution in [0.25, 0.3) is 10.9 Å². The van der Waals surface area contributed by atoms with Crippen LogP contribution < -0.4 is 4.74 Å². The van der Waals surface area contributed by atoms with Crippen molar-refractivity contribution in [1.29, 1.82) is 0 Å². The van der Waals surface area contributed by atoms with Crippen LogP contribution in [0.5, 0.6) is 5.75 Å². The highest BCUT2D eigenvalue weighted by molar-refractivity contribution is 5.86. The lowest BCUT2D eigenvalue weighted by atomic mass is 10.0. The Morgan fingerprint density at radius 3 is 2.87 bits per heavy atom. The molecule has 2 aromatic rings. The standard InChI is InChI=1S/C24H38N4O3/c1-3-4-13-28(30)14-12-27(18-28)20-8-10-26(11-9-20)16-21(29)17-31-24-7-5-6-23-22(24)15-19(2)25-23/h5-7,15,20-21,25,29H,3-4,8-14,16-18H2,1-2H3. The quantitative estimate of drug-likeness (QED) is 0.472. The molecule has 172 valence electrons. The van der Waals surface area contributed by atoms with Gasteiger partial charge in [0.15, 0.2) is 0 Å². The number of aromatic amines is 1. The summed E-state index contributed by atoms with van der Waals surface area (Å²) in [6.07, 6.45) is 3.74. The molecule has 0 bridgehead atoms. The van der Waals surface area contributed by atoms with E-state index in [0.717, 1.165) is 80.8 Å². The Kier molecular flexibility index (Phi) is 7.19.